The number of esters is 1. The lowest BCUT2D eigenvalue weighted by Crippen LogP contribution is -2.24. The minimum Gasteiger partial charge on any atom is -0.478 e. The highest BCUT2D eigenvalue weighted by Crippen LogP contribution is 2.23. The van der Waals surface area contributed by atoms with Crippen LogP contribution in [0.25, 0.3) is 0 Å². The number of ether oxygens (including phenoxy) is 1. The molecule has 0 bridgehead atoms. The number of hydrogen-bond acceptors (Lipinski definition) is 3. The molecule has 150 valence electrons. The van der Waals surface area contributed by atoms with Crippen molar-refractivity contribution in [2.24, 2.45) is 5.92 Å². The van der Waals surface area contributed by atoms with Gasteiger partial charge in [0.25, 0.3) is 0 Å². The van der Waals surface area contributed by atoms with Crippen molar-refractivity contribution < 1.29 is 19.4 Å². The van der Waals surface area contributed by atoms with Gasteiger partial charge in [0.15, 0.2) is 0 Å². The third-order valence-electron chi connectivity index (χ3n) is 5.09. The number of carboxylic acids is 1. The minimum atomic E-state index is -1.01. The zero-order chi connectivity index (χ0) is 20.4. The standard InChI is InChI=1S/C24H30O4/c1-3-5-9-18(4-2)16-22(17-19-10-7-6-8-11-19)28-24(27)21-14-12-20(13-15-21)23(25)26/h6-8,10-15,18,22H,3-5,9,16-17H2,1-2H3,(H,25,26). The first-order valence-electron chi connectivity index (χ1n) is 10.1. The van der Waals surface area contributed by atoms with E-state index in [1.165, 1.54) is 30.7 Å². The molecule has 0 radical (unpaired) electrons. The Morgan fingerprint density at radius 2 is 1.61 bits per heavy atom. The summed E-state index contributed by atoms with van der Waals surface area (Å²) in [6, 6.07) is 16.0. The van der Waals surface area contributed by atoms with Gasteiger partial charge in [-0.2, -0.15) is 0 Å². The smallest absolute Gasteiger partial charge is 0.338 e. The molecular formula is C24H30O4. The maximum atomic E-state index is 12.6. The van der Waals surface area contributed by atoms with Crippen LogP contribution < -0.4 is 0 Å². The summed E-state index contributed by atoms with van der Waals surface area (Å²) < 4.78 is 5.87. The van der Waals surface area contributed by atoms with Crippen LogP contribution in [0.1, 0.15) is 72.2 Å². The molecular weight excluding hydrogens is 352 g/mol. The van der Waals surface area contributed by atoms with Crippen molar-refractivity contribution in [2.45, 2.75) is 58.5 Å². The summed E-state index contributed by atoms with van der Waals surface area (Å²) in [5, 5.41) is 9.00. The Kier molecular flexibility index (Phi) is 8.73. The Hall–Kier alpha value is -2.62. The lowest BCUT2D eigenvalue weighted by Gasteiger charge is -2.23. The van der Waals surface area contributed by atoms with Gasteiger partial charge >= 0.3 is 11.9 Å². The van der Waals surface area contributed by atoms with Gasteiger partial charge in [-0.05, 0) is 42.2 Å². The van der Waals surface area contributed by atoms with E-state index in [-0.39, 0.29) is 11.7 Å². The second kappa shape index (κ2) is 11.3. The van der Waals surface area contributed by atoms with E-state index in [0.29, 0.717) is 17.9 Å². The number of rotatable bonds is 11. The predicted octanol–water partition coefficient (Wildman–Crippen LogP) is 5.76. The summed E-state index contributed by atoms with van der Waals surface area (Å²) >= 11 is 0. The Bertz CT molecular complexity index is 737. The molecule has 0 heterocycles. The van der Waals surface area contributed by atoms with Crippen LogP contribution in [-0.2, 0) is 11.2 Å². The molecule has 0 aromatic heterocycles. The summed E-state index contributed by atoms with van der Waals surface area (Å²) in [6.07, 6.45) is 5.87. The van der Waals surface area contributed by atoms with Crippen molar-refractivity contribution in [1.82, 2.24) is 0 Å². The van der Waals surface area contributed by atoms with Crippen LogP contribution in [0.2, 0.25) is 0 Å². The maximum absolute atomic E-state index is 12.6. The van der Waals surface area contributed by atoms with Crippen LogP contribution >= 0.6 is 0 Å². The van der Waals surface area contributed by atoms with E-state index in [1.807, 2.05) is 18.2 Å². The van der Waals surface area contributed by atoms with Gasteiger partial charge in [-0.3, -0.25) is 0 Å². The van der Waals surface area contributed by atoms with E-state index in [2.05, 4.69) is 26.0 Å². The molecule has 4 heteroatoms. The van der Waals surface area contributed by atoms with E-state index in [0.717, 1.165) is 31.2 Å². The van der Waals surface area contributed by atoms with Gasteiger partial charge in [0.1, 0.15) is 6.10 Å². The van der Waals surface area contributed by atoms with Gasteiger partial charge in [-0.15, -0.1) is 0 Å². The highest BCUT2D eigenvalue weighted by atomic mass is 16.5. The predicted molar refractivity (Wildman–Crippen MR) is 111 cm³/mol. The van der Waals surface area contributed by atoms with Crippen molar-refractivity contribution in [1.29, 1.82) is 0 Å². The van der Waals surface area contributed by atoms with Crippen LogP contribution in [0.4, 0.5) is 0 Å². The van der Waals surface area contributed by atoms with Gasteiger partial charge in [0, 0.05) is 6.42 Å². The Labute approximate surface area is 167 Å². The van der Waals surface area contributed by atoms with Crippen molar-refractivity contribution in [3.8, 4) is 0 Å². The molecule has 28 heavy (non-hydrogen) atoms. The van der Waals surface area contributed by atoms with Crippen LogP contribution in [0.5, 0.6) is 0 Å². The molecule has 0 aliphatic rings. The summed E-state index contributed by atoms with van der Waals surface area (Å²) in [5.74, 6) is -0.886. The molecule has 0 saturated heterocycles. The topological polar surface area (TPSA) is 63.6 Å². The van der Waals surface area contributed by atoms with Crippen LogP contribution in [0.3, 0.4) is 0 Å². The number of carbonyl (C=O) groups excluding carboxylic acids is 1. The lowest BCUT2D eigenvalue weighted by molar-refractivity contribution is 0.0236. The SMILES string of the molecule is CCCCC(CC)CC(Cc1ccccc1)OC(=O)c1ccc(C(=O)O)cc1. The quantitative estimate of drug-likeness (QED) is 0.502. The molecule has 0 aliphatic heterocycles. The number of carbonyl (C=O) groups is 2. The van der Waals surface area contributed by atoms with Gasteiger partial charge in [-0.1, -0.05) is 69.9 Å². The van der Waals surface area contributed by atoms with Crippen LogP contribution in [-0.4, -0.2) is 23.1 Å². The zero-order valence-electron chi connectivity index (χ0n) is 16.8. The molecule has 1 N–H and O–H groups in total. The number of benzene rings is 2. The first kappa shape index (κ1) is 21.7. The molecule has 4 nitrogen and oxygen atoms in total. The molecule has 0 spiro atoms. The molecule has 2 aromatic rings. The van der Waals surface area contributed by atoms with Gasteiger partial charge in [0.2, 0.25) is 0 Å². The van der Waals surface area contributed by atoms with Crippen molar-refractivity contribution in [2.75, 3.05) is 0 Å². The Morgan fingerprint density at radius 1 is 0.964 bits per heavy atom. The van der Waals surface area contributed by atoms with Crippen molar-refractivity contribution in [3.05, 3.63) is 71.3 Å². The van der Waals surface area contributed by atoms with Crippen molar-refractivity contribution in [3.63, 3.8) is 0 Å². The fourth-order valence-electron chi connectivity index (χ4n) is 3.37. The maximum Gasteiger partial charge on any atom is 0.338 e. The van der Waals surface area contributed by atoms with E-state index in [9.17, 15) is 9.59 Å². The molecule has 2 rings (SSSR count). The molecule has 0 saturated carbocycles. The molecule has 0 amide bonds. The summed E-state index contributed by atoms with van der Waals surface area (Å²) in [7, 11) is 0. The second-order valence-electron chi connectivity index (χ2n) is 7.25. The van der Waals surface area contributed by atoms with E-state index < -0.39 is 11.9 Å². The van der Waals surface area contributed by atoms with Gasteiger partial charge in [0.05, 0.1) is 11.1 Å². The molecule has 0 fully saturated rings. The van der Waals surface area contributed by atoms with Crippen LogP contribution in [0.15, 0.2) is 54.6 Å². The number of hydrogen-bond donors (Lipinski definition) is 1. The molecule has 2 atom stereocenters. The average Bonchev–Trinajstić information content (AvgIpc) is 2.71. The number of carboxylic acid groups (broad SMARTS) is 1. The largest absolute Gasteiger partial charge is 0.478 e. The summed E-state index contributed by atoms with van der Waals surface area (Å²) in [5.41, 5.74) is 1.68. The second-order valence-corrected chi connectivity index (χ2v) is 7.25. The van der Waals surface area contributed by atoms with E-state index in [4.69, 9.17) is 9.84 Å². The molecule has 2 aromatic carbocycles. The Balaban J connectivity index is 2.10. The normalized spacial score (nSPS) is 12.9. The lowest BCUT2D eigenvalue weighted by atomic mass is 9.91. The average molecular weight is 383 g/mol. The fourth-order valence-corrected chi connectivity index (χ4v) is 3.37. The van der Waals surface area contributed by atoms with Gasteiger partial charge < -0.3 is 9.84 Å². The number of unbranched alkanes of at least 4 members (excludes halogenated alkanes) is 1. The van der Waals surface area contributed by atoms with Crippen molar-refractivity contribution >= 4 is 11.9 Å². The first-order valence-corrected chi connectivity index (χ1v) is 10.1. The molecule has 2 unspecified atom stereocenters. The van der Waals surface area contributed by atoms with Gasteiger partial charge in [-0.25, -0.2) is 9.59 Å². The highest BCUT2D eigenvalue weighted by Gasteiger charge is 2.21. The highest BCUT2D eigenvalue weighted by molar-refractivity contribution is 5.92. The summed E-state index contributed by atoms with van der Waals surface area (Å²) in [4.78, 5) is 23.6. The number of aromatic carboxylic acids is 1. The third-order valence-corrected chi connectivity index (χ3v) is 5.09. The van der Waals surface area contributed by atoms with E-state index in [1.54, 1.807) is 0 Å². The monoisotopic (exact) mass is 382 g/mol. The fraction of sp³-hybridized carbons (Fsp3) is 0.417. The van der Waals surface area contributed by atoms with E-state index >= 15 is 0 Å². The first-order chi connectivity index (χ1) is 13.5. The molecule has 0 aliphatic carbocycles. The minimum absolute atomic E-state index is 0.156. The Morgan fingerprint density at radius 3 is 2.18 bits per heavy atom. The summed E-state index contributed by atoms with van der Waals surface area (Å²) in [6.45, 7) is 4.38. The zero-order valence-corrected chi connectivity index (χ0v) is 16.8. The van der Waals surface area contributed by atoms with Crippen LogP contribution in [0, 0.1) is 5.92 Å². The third kappa shape index (κ3) is 6.84.